The van der Waals surface area contributed by atoms with E-state index in [-0.39, 0.29) is 5.91 Å². The molecule has 1 amide bonds. The smallest absolute Gasteiger partial charge is 0.220 e. The van der Waals surface area contributed by atoms with Crippen LogP contribution >= 0.6 is 23.4 Å². The first-order valence-electron chi connectivity index (χ1n) is 7.87. The molecule has 1 N–H and O–H groups in total. The average molecular weight is 348 g/mol. The van der Waals surface area contributed by atoms with Gasteiger partial charge < -0.3 is 5.32 Å². The van der Waals surface area contributed by atoms with E-state index in [4.69, 9.17) is 11.6 Å². The fourth-order valence-electron chi connectivity index (χ4n) is 2.19. The Morgan fingerprint density at radius 2 is 1.74 bits per heavy atom. The van der Waals surface area contributed by atoms with Crippen LogP contribution in [-0.2, 0) is 17.0 Å². The first-order valence-corrected chi connectivity index (χ1v) is 9.40. The number of amides is 1. The summed E-state index contributed by atoms with van der Waals surface area (Å²) >= 11 is 7.65. The minimum Gasteiger partial charge on any atom is -0.356 e. The van der Waals surface area contributed by atoms with Gasteiger partial charge in [-0.25, -0.2) is 0 Å². The maximum absolute atomic E-state index is 11.8. The average Bonchev–Trinajstić information content (AvgIpc) is 2.58. The van der Waals surface area contributed by atoms with E-state index in [1.54, 1.807) is 11.8 Å². The molecule has 0 aliphatic rings. The zero-order chi connectivity index (χ0) is 16.3. The van der Waals surface area contributed by atoms with Crippen LogP contribution in [0.3, 0.4) is 0 Å². The standard InChI is InChI=1S/C19H22ClNOS/c20-18-10-8-16(9-11-18)7-4-13-21-19(22)12-14-23-15-17-5-2-1-3-6-17/h1-3,5-6,8-11H,4,7,12-15H2,(H,21,22). The topological polar surface area (TPSA) is 29.1 Å². The molecule has 0 aromatic heterocycles. The zero-order valence-corrected chi connectivity index (χ0v) is 14.7. The van der Waals surface area contributed by atoms with Crippen molar-refractivity contribution in [1.29, 1.82) is 0 Å². The lowest BCUT2D eigenvalue weighted by molar-refractivity contribution is -0.120. The molecule has 122 valence electrons. The van der Waals surface area contributed by atoms with E-state index in [1.807, 2.05) is 42.5 Å². The molecule has 23 heavy (non-hydrogen) atoms. The van der Waals surface area contributed by atoms with Crippen molar-refractivity contribution < 1.29 is 4.79 Å². The monoisotopic (exact) mass is 347 g/mol. The molecular weight excluding hydrogens is 326 g/mol. The van der Waals surface area contributed by atoms with E-state index in [1.165, 1.54) is 11.1 Å². The van der Waals surface area contributed by atoms with Crippen LogP contribution in [0, 0.1) is 0 Å². The summed E-state index contributed by atoms with van der Waals surface area (Å²) in [4.78, 5) is 11.8. The van der Waals surface area contributed by atoms with E-state index >= 15 is 0 Å². The Bertz CT molecular complexity index is 586. The molecule has 0 heterocycles. The van der Waals surface area contributed by atoms with Gasteiger partial charge in [-0.05, 0) is 36.1 Å². The zero-order valence-electron chi connectivity index (χ0n) is 13.1. The van der Waals surface area contributed by atoms with Gasteiger partial charge >= 0.3 is 0 Å². The summed E-state index contributed by atoms with van der Waals surface area (Å²) in [5, 5.41) is 3.74. The number of benzene rings is 2. The van der Waals surface area contributed by atoms with Crippen LogP contribution < -0.4 is 5.32 Å². The molecule has 0 saturated heterocycles. The fraction of sp³-hybridized carbons (Fsp3) is 0.316. The molecule has 0 fully saturated rings. The molecule has 4 heteroatoms. The van der Waals surface area contributed by atoms with E-state index in [2.05, 4.69) is 17.4 Å². The summed E-state index contributed by atoms with van der Waals surface area (Å²) in [6.45, 7) is 0.727. The highest BCUT2D eigenvalue weighted by molar-refractivity contribution is 7.98. The summed E-state index contributed by atoms with van der Waals surface area (Å²) in [5.41, 5.74) is 2.56. The highest BCUT2D eigenvalue weighted by Gasteiger charge is 2.01. The molecule has 0 atom stereocenters. The highest BCUT2D eigenvalue weighted by Crippen LogP contribution is 2.13. The number of hydrogen-bond donors (Lipinski definition) is 1. The van der Waals surface area contributed by atoms with Crippen LogP contribution in [0.5, 0.6) is 0 Å². The molecule has 2 rings (SSSR count). The molecule has 0 aliphatic carbocycles. The van der Waals surface area contributed by atoms with Gasteiger partial charge in [-0.2, -0.15) is 11.8 Å². The van der Waals surface area contributed by atoms with Gasteiger partial charge in [0.15, 0.2) is 0 Å². The second-order valence-corrected chi connectivity index (χ2v) is 6.91. The van der Waals surface area contributed by atoms with Crippen LogP contribution in [0.4, 0.5) is 0 Å². The first kappa shape index (κ1) is 17.9. The third kappa shape index (κ3) is 7.58. The SMILES string of the molecule is O=C(CCSCc1ccccc1)NCCCc1ccc(Cl)cc1. The lowest BCUT2D eigenvalue weighted by Gasteiger charge is -2.06. The van der Waals surface area contributed by atoms with Crippen molar-refractivity contribution in [3.63, 3.8) is 0 Å². The van der Waals surface area contributed by atoms with Crippen LogP contribution in [0.25, 0.3) is 0 Å². The molecular formula is C19H22ClNOS. The van der Waals surface area contributed by atoms with E-state index in [9.17, 15) is 4.79 Å². The second-order valence-electron chi connectivity index (χ2n) is 5.37. The van der Waals surface area contributed by atoms with Crippen molar-refractivity contribution in [2.45, 2.75) is 25.0 Å². The van der Waals surface area contributed by atoms with Gasteiger partial charge in [0.2, 0.25) is 5.91 Å². The Balaban J connectivity index is 1.51. The van der Waals surface area contributed by atoms with Crippen molar-refractivity contribution in [3.05, 3.63) is 70.7 Å². The molecule has 0 aliphatic heterocycles. The minimum absolute atomic E-state index is 0.140. The molecule has 0 saturated carbocycles. The number of aryl methyl sites for hydroxylation is 1. The summed E-state index contributed by atoms with van der Waals surface area (Å²) < 4.78 is 0. The molecule has 2 aromatic rings. The third-order valence-corrected chi connectivity index (χ3v) is 4.74. The molecule has 0 spiro atoms. The van der Waals surface area contributed by atoms with Crippen molar-refractivity contribution >= 4 is 29.3 Å². The van der Waals surface area contributed by atoms with Crippen LogP contribution in [-0.4, -0.2) is 18.2 Å². The van der Waals surface area contributed by atoms with Gasteiger partial charge in [-0.3, -0.25) is 4.79 Å². The summed E-state index contributed by atoms with van der Waals surface area (Å²) in [5.74, 6) is 1.96. The Kier molecular flexibility index (Phi) is 8.05. The van der Waals surface area contributed by atoms with E-state index in [0.717, 1.165) is 35.9 Å². The molecule has 2 aromatic carbocycles. The van der Waals surface area contributed by atoms with Crippen molar-refractivity contribution in [2.24, 2.45) is 0 Å². The number of thioether (sulfide) groups is 1. The fourth-order valence-corrected chi connectivity index (χ4v) is 3.22. The Morgan fingerprint density at radius 1 is 1.00 bits per heavy atom. The second kappa shape index (κ2) is 10.3. The Morgan fingerprint density at radius 3 is 2.48 bits per heavy atom. The normalized spacial score (nSPS) is 10.5. The lowest BCUT2D eigenvalue weighted by Crippen LogP contribution is -2.25. The summed E-state index contributed by atoms with van der Waals surface area (Å²) in [6, 6.07) is 18.2. The summed E-state index contributed by atoms with van der Waals surface area (Å²) in [6.07, 6.45) is 2.49. The van der Waals surface area contributed by atoms with Crippen LogP contribution in [0.2, 0.25) is 5.02 Å². The maximum atomic E-state index is 11.8. The van der Waals surface area contributed by atoms with Crippen LogP contribution in [0.15, 0.2) is 54.6 Å². The van der Waals surface area contributed by atoms with Gasteiger partial charge in [0.25, 0.3) is 0 Å². The predicted octanol–water partition coefficient (Wildman–Crippen LogP) is 4.71. The summed E-state index contributed by atoms with van der Waals surface area (Å²) in [7, 11) is 0. The molecule has 2 nitrogen and oxygen atoms in total. The third-order valence-electron chi connectivity index (χ3n) is 3.46. The molecule has 0 unspecified atom stereocenters. The largest absolute Gasteiger partial charge is 0.356 e. The van der Waals surface area contributed by atoms with Crippen molar-refractivity contribution in [1.82, 2.24) is 5.32 Å². The van der Waals surface area contributed by atoms with Crippen LogP contribution in [0.1, 0.15) is 24.0 Å². The number of halogens is 1. The van der Waals surface area contributed by atoms with Crippen molar-refractivity contribution in [3.8, 4) is 0 Å². The number of rotatable bonds is 9. The quantitative estimate of drug-likeness (QED) is 0.665. The number of nitrogens with one attached hydrogen (secondary N) is 1. The van der Waals surface area contributed by atoms with E-state index in [0.29, 0.717) is 6.42 Å². The van der Waals surface area contributed by atoms with Gasteiger partial charge in [0, 0.05) is 29.5 Å². The van der Waals surface area contributed by atoms with Crippen molar-refractivity contribution in [2.75, 3.05) is 12.3 Å². The maximum Gasteiger partial charge on any atom is 0.220 e. The Hall–Kier alpha value is -1.45. The van der Waals surface area contributed by atoms with Gasteiger partial charge in [0.05, 0.1) is 0 Å². The Labute approximate surface area is 147 Å². The van der Waals surface area contributed by atoms with E-state index < -0.39 is 0 Å². The molecule has 0 radical (unpaired) electrons. The minimum atomic E-state index is 0.140. The highest BCUT2D eigenvalue weighted by atomic mass is 35.5. The van der Waals surface area contributed by atoms with Gasteiger partial charge in [-0.1, -0.05) is 54.1 Å². The number of carbonyl (C=O) groups excluding carboxylic acids is 1. The first-order chi connectivity index (χ1) is 11.2. The number of carbonyl (C=O) groups is 1. The predicted molar refractivity (Wildman–Crippen MR) is 100 cm³/mol. The van der Waals surface area contributed by atoms with Gasteiger partial charge in [-0.15, -0.1) is 0 Å². The molecule has 0 bridgehead atoms. The van der Waals surface area contributed by atoms with Gasteiger partial charge in [0.1, 0.15) is 0 Å². The number of hydrogen-bond acceptors (Lipinski definition) is 2. The lowest BCUT2D eigenvalue weighted by atomic mass is 10.1.